The van der Waals surface area contributed by atoms with Gasteiger partial charge in [0.2, 0.25) is 0 Å². The molecule has 3 aromatic rings. The number of benzene rings is 2. The van der Waals surface area contributed by atoms with E-state index >= 15 is 0 Å². The molecule has 0 aliphatic carbocycles. The fourth-order valence-corrected chi connectivity index (χ4v) is 4.10. The Hall–Kier alpha value is -2.57. The van der Waals surface area contributed by atoms with Crippen LogP contribution in [0.2, 0.25) is 5.02 Å². The van der Waals surface area contributed by atoms with Crippen molar-refractivity contribution in [2.24, 2.45) is 0 Å². The van der Waals surface area contributed by atoms with Crippen molar-refractivity contribution in [2.45, 2.75) is 24.1 Å². The number of halogens is 1. The van der Waals surface area contributed by atoms with Gasteiger partial charge in [0.05, 0.1) is 33.1 Å². The first-order valence-corrected chi connectivity index (χ1v) is 10.5. The first-order valence-electron chi connectivity index (χ1n) is 8.79. The number of furan rings is 1. The summed E-state index contributed by atoms with van der Waals surface area (Å²) in [6.07, 6.45) is 0. The predicted octanol–water partition coefficient (Wildman–Crippen LogP) is 4.57. The van der Waals surface area contributed by atoms with Crippen LogP contribution in [0, 0.1) is 0 Å². The zero-order valence-corrected chi connectivity index (χ0v) is 16.9. The normalized spacial score (nSPS) is 11.8. The van der Waals surface area contributed by atoms with Crippen molar-refractivity contribution in [1.29, 1.82) is 0 Å². The molecule has 0 aliphatic heterocycles. The summed E-state index contributed by atoms with van der Waals surface area (Å²) >= 11 is 6.08. The standard InChI is InChI=1S/C21H20ClNO4S/c1-2-26-18-9-5-3-7-15(18)13-23-21(24)19-12-11-16(27-19)14-28(25)20-10-6-4-8-17(20)22/h3-12H,2,13-14H2,1H3,(H,23,24)/t28-/m1/s1. The van der Waals surface area contributed by atoms with E-state index < -0.39 is 10.8 Å². The third-order valence-electron chi connectivity index (χ3n) is 3.95. The van der Waals surface area contributed by atoms with Gasteiger partial charge in [-0.2, -0.15) is 0 Å². The van der Waals surface area contributed by atoms with E-state index in [1.165, 1.54) is 0 Å². The minimum Gasteiger partial charge on any atom is -0.494 e. The lowest BCUT2D eigenvalue weighted by atomic mass is 10.2. The molecule has 28 heavy (non-hydrogen) atoms. The van der Waals surface area contributed by atoms with Crippen molar-refractivity contribution >= 4 is 28.3 Å². The van der Waals surface area contributed by atoms with E-state index in [0.717, 1.165) is 11.3 Å². The average molecular weight is 418 g/mol. The summed E-state index contributed by atoms with van der Waals surface area (Å²) in [5, 5.41) is 3.25. The van der Waals surface area contributed by atoms with Gasteiger partial charge in [-0.15, -0.1) is 0 Å². The molecular formula is C21H20ClNO4S. The molecule has 0 saturated heterocycles. The molecule has 5 nitrogen and oxygen atoms in total. The van der Waals surface area contributed by atoms with Crippen LogP contribution in [0.4, 0.5) is 0 Å². The number of hydrogen-bond donors (Lipinski definition) is 1. The summed E-state index contributed by atoms with van der Waals surface area (Å²) in [7, 11) is -1.36. The lowest BCUT2D eigenvalue weighted by molar-refractivity contribution is 0.0921. The third kappa shape index (κ3) is 5.03. The molecule has 2 aromatic carbocycles. The highest BCUT2D eigenvalue weighted by Crippen LogP contribution is 2.22. The Balaban J connectivity index is 1.61. The van der Waals surface area contributed by atoms with Gasteiger partial charge in [0.25, 0.3) is 5.91 Å². The fourth-order valence-electron chi connectivity index (χ4n) is 2.62. The van der Waals surface area contributed by atoms with Crippen LogP contribution in [0.25, 0.3) is 0 Å². The quantitative estimate of drug-likeness (QED) is 0.583. The Kier molecular flexibility index (Phi) is 6.90. The second-order valence-electron chi connectivity index (χ2n) is 5.91. The molecule has 0 aliphatic rings. The van der Waals surface area contributed by atoms with Crippen molar-refractivity contribution in [2.75, 3.05) is 6.61 Å². The van der Waals surface area contributed by atoms with Gasteiger partial charge in [-0.3, -0.25) is 9.00 Å². The van der Waals surface area contributed by atoms with Crippen molar-refractivity contribution < 1.29 is 18.2 Å². The van der Waals surface area contributed by atoms with Gasteiger partial charge in [-0.05, 0) is 37.3 Å². The zero-order chi connectivity index (χ0) is 19.9. The number of ether oxygens (including phenoxy) is 1. The highest BCUT2D eigenvalue weighted by atomic mass is 35.5. The number of hydrogen-bond acceptors (Lipinski definition) is 4. The summed E-state index contributed by atoms with van der Waals surface area (Å²) in [4.78, 5) is 12.9. The van der Waals surface area contributed by atoms with Crippen molar-refractivity contribution in [3.63, 3.8) is 0 Å². The molecule has 0 radical (unpaired) electrons. The predicted molar refractivity (Wildman–Crippen MR) is 109 cm³/mol. The molecule has 1 N–H and O–H groups in total. The van der Waals surface area contributed by atoms with E-state index in [1.807, 2.05) is 31.2 Å². The van der Waals surface area contributed by atoms with Gasteiger partial charge in [0.1, 0.15) is 11.5 Å². The van der Waals surface area contributed by atoms with Crippen LogP contribution in [0.5, 0.6) is 5.75 Å². The summed E-state index contributed by atoms with van der Waals surface area (Å²) in [5.41, 5.74) is 0.879. The second-order valence-corrected chi connectivity index (χ2v) is 7.74. The third-order valence-corrected chi connectivity index (χ3v) is 5.79. The minimum atomic E-state index is -1.36. The maximum atomic E-state index is 12.5. The molecule has 146 valence electrons. The van der Waals surface area contributed by atoms with Gasteiger partial charge in [0.15, 0.2) is 5.76 Å². The molecule has 1 amide bonds. The molecule has 7 heteroatoms. The lowest BCUT2D eigenvalue weighted by Gasteiger charge is -2.10. The van der Waals surface area contributed by atoms with Crippen LogP contribution in [-0.2, 0) is 23.1 Å². The summed E-state index contributed by atoms with van der Waals surface area (Å²) in [6.45, 7) is 2.78. The number of amides is 1. The molecule has 1 heterocycles. The molecule has 1 aromatic heterocycles. The van der Waals surface area contributed by atoms with E-state index in [1.54, 1.807) is 36.4 Å². The highest BCUT2D eigenvalue weighted by molar-refractivity contribution is 7.84. The Morgan fingerprint density at radius 2 is 1.86 bits per heavy atom. The molecule has 0 fully saturated rings. The molecule has 1 atom stereocenters. The van der Waals surface area contributed by atoms with Gasteiger partial charge in [-0.25, -0.2) is 0 Å². The molecular weight excluding hydrogens is 398 g/mol. The van der Waals surface area contributed by atoms with Gasteiger partial charge < -0.3 is 14.5 Å². The van der Waals surface area contributed by atoms with Crippen LogP contribution >= 0.6 is 11.6 Å². The average Bonchev–Trinajstić information content (AvgIpc) is 3.16. The Bertz CT molecular complexity index is 986. The number of para-hydroxylation sites is 1. The van der Waals surface area contributed by atoms with Crippen LogP contribution in [-0.4, -0.2) is 16.7 Å². The summed E-state index contributed by atoms with van der Waals surface area (Å²) in [5.74, 6) is 1.16. The number of rotatable bonds is 8. The Morgan fingerprint density at radius 3 is 2.64 bits per heavy atom. The summed E-state index contributed by atoms with van der Waals surface area (Å²) in [6, 6.07) is 17.7. The molecule has 0 bridgehead atoms. The first-order chi connectivity index (χ1) is 13.6. The van der Waals surface area contributed by atoms with E-state index in [9.17, 15) is 9.00 Å². The zero-order valence-electron chi connectivity index (χ0n) is 15.3. The maximum Gasteiger partial charge on any atom is 0.287 e. The van der Waals surface area contributed by atoms with Crippen LogP contribution < -0.4 is 10.1 Å². The summed E-state index contributed by atoms with van der Waals surface area (Å²) < 4.78 is 23.6. The lowest BCUT2D eigenvalue weighted by Crippen LogP contribution is -2.22. The second kappa shape index (κ2) is 9.57. The highest BCUT2D eigenvalue weighted by Gasteiger charge is 2.15. The number of nitrogens with one attached hydrogen (secondary N) is 1. The number of carbonyl (C=O) groups excluding carboxylic acids is 1. The van der Waals surface area contributed by atoms with E-state index in [0.29, 0.717) is 28.8 Å². The first kappa shape index (κ1) is 20.2. The monoisotopic (exact) mass is 417 g/mol. The molecule has 0 saturated carbocycles. The van der Waals surface area contributed by atoms with Crippen LogP contribution in [0.15, 0.2) is 70.0 Å². The SMILES string of the molecule is CCOc1ccccc1CNC(=O)c1ccc(C[S@@](=O)c2ccccc2Cl)o1. The van der Waals surface area contributed by atoms with E-state index in [2.05, 4.69) is 5.32 Å². The van der Waals surface area contributed by atoms with E-state index in [-0.39, 0.29) is 17.4 Å². The van der Waals surface area contributed by atoms with E-state index in [4.69, 9.17) is 20.8 Å². The topological polar surface area (TPSA) is 68.5 Å². The Labute approximate surface area is 171 Å². The van der Waals surface area contributed by atoms with Gasteiger partial charge in [-0.1, -0.05) is 41.9 Å². The smallest absolute Gasteiger partial charge is 0.287 e. The van der Waals surface area contributed by atoms with Gasteiger partial charge >= 0.3 is 0 Å². The fraction of sp³-hybridized carbons (Fsp3) is 0.190. The molecule has 0 spiro atoms. The van der Waals surface area contributed by atoms with Gasteiger partial charge in [0, 0.05) is 12.1 Å². The maximum absolute atomic E-state index is 12.5. The largest absolute Gasteiger partial charge is 0.494 e. The Morgan fingerprint density at radius 1 is 1.11 bits per heavy atom. The molecule has 0 unspecified atom stereocenters. The van der Waals surface area contributed by atoms with Crippen LogP contribution in [0.3, 0.4) is 0 Å². The molecule has 3 rings (SSSR count). The van der Waals surface area contributed by atoms with Crippen molar-refractivity contribution in [1.82, 2.24) is 5.32 Å². The van der Waals surface area contributed by atoms with Crippen molar-refractivity contribution in [3.8, 4) is 5.75 Å². The number of carbonyl (C=O) groups is 1. The van der Waals surface area contributed by atoms with Crippen molar-refractivity contribution in [3.05, 3.63) is 82.8 Å². The minimum absolute atomic E-state index is 0.143. The van der Waals surface area contributed by atoms with Crippen LogP contribution in [0.1, 0.15) is 28.8 Å².